The zero-order valence-electron chi connectivity index (χ0n) is 48.0. The Morgan fingerprint density at radius 3 is 0.963 bits per heavy atom. The molecule has 13 aromatic rings. The van der Waals surface area contributed by atoms with Gasteiger partial charge >= 0.3 is 0 Å². The highest BCUT2D eigenvalue weighted by Crippen LogP contribution is 2.58. The molecular formula is C78H72N2O2. The molecule has 0 saturated carbocycles. The smallest absolute Gasteiger partial charge is 0.119 e. The molecule has 0 aromatic heterocycles. The van der Waals surface area contributed by atoms with Gasteiger partial charge < -0.3 is 19.3 Å². The molecule has 0 spiro atoms. The van der Waals surface area contributed by atoms with Gasteiger partial charge in [-0.2, -0.15) is 0 Å². The summed E-state index contributed by atoms with van der Waals surface area (Å²) in [6.07, 6.45) is 11.1. The average molecular weight is 1070 g/mol. The summed E-state index contributed by atoms with van der Waals surface area (Å²) < 4.78 is 12.4. The van der Waals surface area contributed by atoms with Crippen molar-refractivity contribution in [1.29, 1.82) is 0 Å². The van der Waals surface area contributed by atoms with Crippen LogP contribution in [0, 0.1) is 0 Å². The van der Waals surface area contributed by atoms with Crippen LogP contribution in [0.2, 0.25) is 0 Å². The molecule has 0 saturated heterocycles. The first-order valence-corrected chi connectivity index (χ1v) is 30.3. The van der Waals surface area contributed by atoms with E-state index in [2.05, 4.69) is 256 Å². The Bertz CT molecular complexity index is 3950. The Hall–Kier alpha value is -8.86. The maximum Gasteiger partial charge on any atom is 0.119 e. The predicted octanol–water partition coefficient (Wildman–Crippen LogP) is 22.8. The summed E-state index contributed by atoms with van der Waals surface area (Å²) in [4.78, 5) is 4.91. The summed E-state index contributed by atoms with van der Waals surface area (Å²) >= 11 is 0. The molecule has 0 atom stereocenters. The maximum absolute atomic E-state index is 6.22. The van der Waals surface area contributed by atoms with E-state index in [1.165, 1.54) is 124 Å². The lowest BCUT2D eigenvalue weighted by molar-refractivity contribution is 0.309. The molecule has 13 rings (SSSR count). The van der Waals surface area contributed by atoms with Crippen LogP contribution in [0.3, 0.4) is 0 Å². The van der Waals surface area contributed by atoms with Crippen molar-refractivity contribution in [3.8, 4) is 33.8 Å². The minimum absolute atomic E-state index is 0.715. The number of unbranched alkanes of at least 4 members (excludes halogenated alkanes) is 4. The number of hydrogen-bond donors (Lipinski definition) is 0. The summed E-state index contributed by atoms with van der Waals surface area (Å²) in [6, 6.07) is 82.1. The molecule has 0 heterocycles. The summed E-state index contributed by atoms with van der Waals surface area (Å²) in [5.41, 5.74) is 14.4. The fraction of sp³-hybridized carbons (Fsp3) is 0.205. The van der Waals surface area contributed by atoms with Gasteiger partial charge in [0.1, 0.15) is 11.5 Å². The third-order valence-corrected chi connectivity index (χ3v) is 17.0. The predicted molar refractivity (Wildman–Crippen MR) is 352 cm³/mol. The summed E-state index contributed by atoms with van der Waals surface area (Å²) in [7, 11) is 0. The Balaban J connectivity index is 1.08. The highest BCUT2D eigenvalue weighted by molar-refractivity contribution is 6.47. The van der Waals surface area contributed by atoms with Crippen molar-refractivity contribution >= 4 is 98.8 Å². The van der Waals surface area contributed by atoms with Crippen molar-refractivity contribution in [3.63, 3.8) is 0 Å². The van der Waals surface area contributed by atoms with Crippen molar-refractivity contribution in [1.82, 2.24) is 0 Å². The Morgan fingerprint density at radius 2 is 0.610 bits per heavy atom. The molecule has 0 aliphatic carbocycles. The SMILES string of the molecule is CCCCOc1ccc(N(c2ccc(CCCC)cc2)c2ccc3c4c(-c5ccccc5)c5c6ccc(N(c7ccc(CCCC)cc7)c7ccc(OCCCC)cc7)c7cccc(c5c(-c5ccccc5)c4c4cccc2c43)c76)cc1. The second-order valence-electron chi connectivity index (χ2n) is 22.3. The highest BCUT2D eigenvalue weighted by atomic mass is 16.5. The molecule has 4 nitrogen and oxygen atoms in total. The molecule has 0 aliphatic heterocycles. The molecule has 406 valence electrons. The van der Waals surface area contributed by atoms with E-state index in [0.29, 0.717) is 13.2 Å². The van der Waals surface area contributed by atoms with Crippen LogP contribution in [0.15, 0.2) is 218 Å². The molecule has 0 fully saturated rings. The first-order chi connectivity index (χ1) is 40.6. The van der Waals surface area contributed by atoms with E-state index in [1.54, 1.807) is 0 Å². The van der Waals surface area contributed by atoms with Gasteiger partial charge in [-0.05, 0) is 211 Å². The van der Waals surface area contributed by atoms with Crippen molar-refractivity contribution in [2.45, 2.75) is 91.9 Å². The fourth-order valence-electron chi connectivity index (χ4n) is 12.9. The molecular weight excluding hydrogens is 997 g/mol. The third kappa shape index (κ3) is 9.58. The largest absolute Gasteiger partial charge is 0.494 e. The molecule has 82 heavy (non-hydrogen) atoms. The number of anilines is 6. The van der Waals surface area contributed by atoms with E-state index < -0.39 is 0 Å². The van der Waals surface area contributed by atoms with E-state index in [4.69, 9.17) is 9.47 Å². The van der Waals surface area contributed by atoms with Crippen LogP contribution in [0.25, 0.3) is 86.9 Å². The standard InChI is InChI=1S/C78H72N2O2/c1-5-9-21-53-31-35-57(36-32-53)79(59-39-43-61(44-40-59)81-51-11-7-3)69-49-47-67-73-63(69)27-19-29-65(73)75-71(55-23-15-13-16-24-55)76-66-30-20-28-64-70(50-48-68(74(64)66)78(76)72(77(67)75)56-25-17-14-18-26-56)80(58-37-33-54(34-38-58)22-10-6-2)60-41-45-62(46-42-60)82-52-12-8-4/h13-20,23-50H,5-12,21-22,51-52H2,1-4H3. The van der Waals surface area contributed by atoms with Crippen molar-refractivity contribution in [3.05, 3.63) is 230 Å². The maximum atomic E-state index is 6.22. The second kappa shape index (κ2) is 23.3. The molecule has 0 N–H and O–H groups in total. The molecule has 0 aliphatic rings. The van der Waals surface area contributed by atoms with Crippen LogP contribution >= 0.6 is 0 Å². The van der Waals surface area contributed by atoms with E-state index in [-0.39, 0.29) is 0 Å². The zero-order valence-corrected chi connectivity index (χ0v) is 48.0. The van der Waals surface area contributed by atoms with Gasteiger partial charge in [0.25, 0.3) is 0 Å². The number of aryl methyl sites for hydroxylation is 2. The van der Waals surface area contributed by atoms with Gasteiger partial charge in [-0.1, -0.05) is 187 Å². The number of benzene rings is 11. The normalized spacial score (nSPS) is 11.8. The second-order valence-corrected chi connectivity index (χ2v) is 22.3. The van der Waals surface area contributed by atoms with Gasteiger partial charge in [-0.15, -0.1) is 0 Å². The van der Waals surface area contributed by atoms with E-state index in [9.17, 15) is 0 Å². The van der Waals surface area contributed by atoms with Crippen molar-refractivity contribution in [2.24, 2.45) is 0 Å². The van der Waals surface area contributed by atoms with E-state index >= 15 is 0 Å². The third-order valence-electron chi connectivity index (χ3n) is 17.0. The van der Waals surface area contributed by atoms with Crippen molar-refractivity contribution < 1.29 is 9.47 Å². The Labute approximate surface area is 483 Å². The summed E-state index contributed by atoms with van der Waals surface area (Å²) in [6.45, 7) is 10.4. The number of nitrogens with zero attached hydrogens (tertiary/aromatic N) is 2. The number of rotatable bonds is 22. The number of hydrogen-bond acceptors (Lipinski definition) is 4. The van der Waals surface area contributed by atoms with Crippen LogP contribution in [-0.4, -0.2) is 13.2 Å². The molecule has 0 bridgehead atoms. The monoisotopic (exact) mass is 1070 g/mol. The summed E-state index contributed by atoms with van der Waals surface area (Å²) in [5, 5.41) is 15.2. The van der Waals surface area contributed by atoms with Gasteiger partial charge in [-0.25, -0.2) is 0 Å². The fourth-order valence-corrected chi connectivity index (χ4v) is 12.9. The van der Waals surface area contributed by atoms with Crippen LogP contribution < -0.4 is 19.3 Å². The van der Waals surface area contributed by atoms with E-state index in [0.717, 1.165) is 84.1 Å². The van der Waals surface area contributed by atoms with E-state index in [1.807, 2.05) is 0 Å². The number of fused-ring (bicyclic) bond motifs is 6. The molecule has 0 radical (unpaired) electrons. The first-order valence-electron chi connectivity index (χ1n) is 30.3. The molecule has 0 amide bonds. The highest BCUT2D eigenvalue weighted by Gasteiger charge is 2.30. The van der Waals surface area contributed by atoms with Gasteiger partial charge in [0, 0.05) is 33.5 Å². The van der Waals surface area contributed by atoms with Crippen LogP contribution in [0.1, 0.15) is 90.2 Å². The Kier molecular flexibility index (Phi) is 14.9. The molecule has 0 unspecified atom stereocenters. The lowest BCUT2D eigenvalue weighted by atomic mass is 9.87. The van der Waals surface area contributed by atoms with Gasteiger partial charge in [0.05, 0.1) is 24.6 Å². The lowest BCUT2D eigenvalue weighted by Crippen LogP contribution is -2.10. The molecule has 13 aromatic carbocycles. The first kappa shape index (κ1) is 52.5. The van der Waals surface area contributed by atoms with Crippen LogP contribution in [0.4, 0.5) is 34.1 Å². The lowest BCUT2D eigenvalue weighted by Gasteiger charge is -2.27. The minimum atomic E-state index is 0.715. The Morgan fingerprint density at radius 1 is 0.280 bits per heavy atom. The topological polar surface area (TPSA) is 24.9 Å². The molecule has 4 heteroatoms. The van der Waals surface area contributed by atoms with Gasteiger partial charge in [0.15, 0.2) is 0 Å². The van der Waals surface area contributed by atoms with Crippen LogP contribution in [-0.2, 0) is 12.8 Å². The van der Waals surface area contributed by atoms with Crippen molar-refractivity contribution in [2.75, 3.05) is 23.0 Å². The number of ether oxygens (including phenoxy) is 2. The van der Waals surface area contributed by atoms with Crippen LogP contribution in [0.5, 0.6) is 11.5 Å². The van der Waals surface area contributed by atoms with Gasteiger partial charge in [0.2, 0.25) is 0 Å². The minimum Gasteiger partial charge on any atom is -0.494 e. The summed E-state index contributed by atoms with van der Waals surface area (Å²) in [5.74, 6) is 1.80. The van der Waals surface area contributed by atoms with Gasteiger partial charge in [-0.3, -0.25) is 0 Å². The zero-order chi connectivity index (χ0) is 55.5. The quantitative estimate of drug-likeness (QED) is 0.0632. The average Bonchev–Trinajstić information content (AvgIpc) is 1.79.